The van der Waals surface area contributed by atoms with E-state index >= 15 is 0 Å². The molecular formula is C21H30FN3O3. The van der Waals surface area contributed by atoms with Crippen LogP contribution in [-0.2, 0) is 20.9 Å². The van der Waals surface area contributed by atoms with Crippen LogP contribution >= 0.6 is 0 Å². The molecule has 0 bridgehead atoms. The third kappa shape index (κ3) is 5.29. The number of amides is 2. The average molecular weight is 391 g/mol. The Hall–Kier alpha value is -1.99. The van der Waals surface area contributed by atoms with Crippen molar-refractivity contribution in [2.24, 2.45) is 5.92 Å². The van der Waals surface area contributed by atoms with E-state index in [0.717, 1.165) is 5.56 Å². The number of morpholine rings is 1. The first-order valence-corrected chi connectivity index (χ1v) is 10.1. The molecule has 0 N–H and O–H groups in total. The maximum atomic E-state index is 13.2. The Morgan fingerprint density at radius 3 is 2.50 bits per heavy atom. The van der Waals surface area contributed by atoms with Crippen LogP contribution in [0, 0.1) is 11.7 Å². The second-order valence-electron chi connectivity index (χ2n) is 7.94. The van der Waals surface area contributed by atoms with Crippen molar-refractivity contribution in [3.63, 3.8) is 0 Å². The molecule has 1 aromatic carbocycles. The van der Waals surface area contributed by atoms with Crippen LogP contribution in [0.25, 0.3) is 0 Å². The summed E-state index contributed by atoms with van der Waals surface area (Å²) in [6, 6.07) is 6.32. The Kier molecular flexibility index (Phi) is 7.02. The van der Waals surface area contributed by atoms with Gasteiger partial charge in [-0.25, -0.2) is 4.39 Å². The Labute approximate surface area is 166 Å². The van der Waals surface area contributed by atoms with Gasteiger partial charge in [0.1, 0.15) is 5.82 Å². The van der Waals surface area contributed by atoms with E-state index in [1.807, 2.05) is 9.80 Å². The fourth-order valence-corrected chi connectivity index (χ4v) is 3.85. The SMILES string of the molecule is CC(C)C1CN(CC(=O)N2CCOCC2)CCC(=O)N1Cc1ccc(F)cc1. The first-order valence-electron chi connectivity index (χ1n) is 10.1. The Balaban J connectivity index is 1.68. The molecule has 2 heterocycles. The maximum absolute atomic E-state index is 13.2. The van der Waals surface area contributed by atoms with E-state index in [9.17, 15) is 14.0 Å². The van der Waals surface area contributed by atoms with Crippen LogP contribution in [-0.4, -0.2) is 78.5 Å². The molecule has 0 saturated carbocycles. The second-order valence-corrected chi connectivity index (χ2v) is 7.94. The lowest BCUT2D eigenvalue weighted by Crippen LogP contribution is -2.49. The lowest BCUT2D eigenvalue weighted by atomic mass is 10.0. The van der Waals surface area contributed by atoms with Gasteiger partial charge >= 0.3 is 0 Å². The highest BCUT2D eigenvalue weighted by molar-refractivity contribution is 5.79. The molecule has 0 aromatic heterocycles. The summed E-state index contributed by atoms with van der Waals surface area (Å²) < 4.78 is 18.5. The molecule has 2 fully saturated rings. The van der Waals surface area contributed by atoms with E-state index in [4.69, 9.17) is 4.74 Å². The summed E-state index contributed by atoms with van der Waals surface area (Å²) in [4.78, 5) is 31.3. The minimum atomic E-state index is -0.279. The Morgan fingerprint density at radius 2 is 1.86 bits per heavy atom. The van der Waals surface area contributed by atoms with E-state index in [-0.39, 0.29) is 29.6 Å². The van der Waals surface area contributed by atoms with Gasteiger partial charge in [0.25, 0.3) is 0 Å². The number of benzene rings is 1. The van der Waals surface area contributed by atoms with Crippen molar-refractivity contribution < 1.29 is 18.7 Å². The number of carbonyl (C=O) groups excluding carboxylic acids is 2. The molecule has 1 aromatic rings. The summed E-state index contributed by atoms with van der Waals surface area (Å²) in [6.45, 7) is 8.69. The van der Waals surface area contributed by atoms with Gasteiger partial charge in [0.05, 0.1) is 19.8 Å². The summed E-state index contributed by atoms with van der Waals surface area (Å²) in [5.41, 5.74) is 0.915. The molecule has 7 heteroatoms. The minimum absolute atomic E-state index is 0.0116. The number of hydrogen-bond donors (Lipinski definition) is 0. The second kappa shape index (κ2) is 9.47. The normalized spacial score (nSPS) is 21.9. The number of ether oxygens (including phenoxy) is 1. The monoisotopic (exact) mass is 391 g/mol. The van der Waals surface area contributed by atoms with E-state index in [2.05, 4.69) is 18.7 Å². The molecule has 1 unspecified atom stereocenters. The van der Waals surface area contributed by atoms with Crippen molar-refractivity contribution in [3.05, 3.63) is 35.6 Å². The molecule has 2 aliphatic rings. The molecule has 0 aliphatic carbocycles. The summed E-state index contributed by atoms with van der Waals surface area (Å²) in [5, 5.41) is 0. The van der Waals surface area contributed by atoms with Crippen LogP contribution in [0.15, 0.2) is 24.3 Å². The molecule has 154 valence electrons. The molecule has 28 heavy (non-hydrogen) atoms. The van der Waals surface area contributed by atoms with Gasteiger partial charge in [0.2, 0.25) is 11.8 Å². The predicted molar refractivity (Wildman–Crippen MR) is 104 cm³/mol. The van der Waals surface area contributed by atoms with Crippen molar-refractivity contribution in [1.29, 1.82) is 0 Å². The van der Waals surface area contributed by atoms with E-state index in [1.54, 1.807) is 12.1 Å². The largest absolute Gasteiger partial charge is 0.378 e. The lowest BCUT2D eigenvalue weighted by molar-refractivity contribution is -0.136. The topological polar surface area (TPSA) is 53.1 Å². The molecular weight excluding hydrogens is 361 g/mol. The van der Waals surface area contributed by atoms with Crippen LogP contribution in [0.3, 0.4) is 0 Å². The fourth-order valence-electron chi connectivity index (χ4n) is 3.85. The molecule has 6 nitrogen and oxygen atoms in total. The third-order valence-electron chi connectivity index (χ3n) is 5.57. The highest BCUT2D eigenvalue weighted by Gasteiger charge is 2.33. The smallest absolute Gasteiger partial charge is 0.236 e. The molecule has 2 aliphatic heterocycles. The van der Waals surface area contributed by atoms with Gasteiger partial charge in [0, 0.05) is 45.2 Å². The van der Waals surface area contributed by atoms with Gasteiger partial charge < -0.3 is 14.5 Å². The van der Waals surface area contributed by atoms with Gasteiger partial charge in [-0.1, -0.05) is 26.0 Å². The molecule has 2 amide bonds. The zero-order valence-electron chi connectivity index (χ0n) is 16.8. The van der Waals surface area contributed by atoms with E-state index < -0.39 is 0 Å². The summed E-state index contributed by atoms with van der Waals surface area (Å²) in [5.74, 6) is 0.164. The number of rotatable bonds is 5. The minimum Gasteiger partial charge on any atom is -0.378 e. The first-order chi connectivity index (χ1) is 13.4. The zero-order valence-corrected chi connectivity index (χ0v) is 16.8. The average Bonchev–Trinajstić information content (AvgIpc) is 2.84. The fraction of sp³-hybridized carbons (Fsp3) is 0.619. The van der Waals surface area contributed by atoms with Crippen molar-refractivity contribution in [2.75, 3.05) is 45.9 Å². The highest BCUT2D eigenvalue weighted by Crippen LogP contribution is 2.21. The van der Waals surface area contributed by atoms with Crippen LogP contribution in [0.4, 0.5) is 4.39 Å². The zero-order chi connectivity index (χ0) is 20.1. The van der Waals surface area contributed by atoms with Gasteiger partial charge in [-0.3, -0.25) is 14.5 Å². The predicted octanol–water partition coefficient (Wildman–Crippen LogP) is 1.74. The number of nitrogens with zero attached hydrogens (tertiary/aromatic N) is 3. The molecule has 0 radical (unpaired) electrons. The summed E-state index contributed by atoms with van der Waals surface area (Å²) >= 11 is 0. The van der Waals surface area contributed by atoms with E-state index in [1.165, 1.54) is 12.1 Å². The first kappa shape index (κ1) is 20.7. The van der Waals surface area contributed by atoms with Gasteiger partial charge in [-0.15, -0.1) is 0 Å². The highest BCUT2D eigenvalue weighted by atomic mass is 19.1. The number of halogens is 1. The van der Waals surface area contributed by atoms with Crippen LogP contribution in [0.1, 0.15) is 25.8 Å². The quantitative estimate of drug-likeness (QED) is 0.767. The number of hydrogen-bond acceptors (Lipinski definition) is 4. The van der Waals surface area contributed by atoms with Crippen LogP contribution in [0.2, 0.25) is 0 Å². The van der Waals surface area contributed by atoms with Crippen LogP contribution in [0.5, 0.6) is 0 Å². The Morgan fingerprint density at radius 1 is 1.18 bits per heavy atom. The maximum Gasteiger partial charge on any atom is 0.236 e. The van der Waals surface area contributed by atoms with Gasteiger partial charge in [0.15, 0.2) is 0 Å². The summed E-state index contributed by atoms with van der Waals surface area (Å²) in [6.07, 6.45) is 0.390. The molecule has 2 saturated heterocycles. The van der Waals surface area contributed by atoms with Crippen molar-refractivity contribution in [3.8, 4) is 0 Å². The Bertz CT molecular complexity index is 674. The molecule has 1 atom stereocenters. The molecule has 0 spiro atoms. The van der Waals surface area contributed by atoms with Gasteiger partial charge in [-0.05, 0) is 23.6 Å². The number of carbonyl (C=O) groups is 2. The van der Waals surface area contributed by atoms with Crippen LogP contribution < -0.4 is 0 Å². The lowest BCUT2D eigenvalue weighted by Gasteiger charge is -2.35. The van der Waals surface area contributed by atoms with E-state index in [0.29, 0.717) is 58.9 Å². The summed E-state index contributed by atoms with van der Waals surface area (Å²) in [7, 11) is 0. The standard InChI is InChI=1S/C21H30FN3O3/c1-16(2)19-14-23(15-21(27)24-9-11-28-12-10-24)8-7-20(26)25(19)13-17-3-5-18(22)6-4-17/h3-6,16,19H,7-15H2,1-2H3. The molecule has 3 rings (SSSR count). The third-order valence-corrected chi connectivity index (χ3v) is 5.57. The van der Waals surface area contributed by atoms with Crippen molar-refractivity contribution >= 4 is 11.8 Å². The van der Waals surface area contributed by atoms with Gasteiger partial charge in [-0.2, -0.15) is 0 Å². The van der Waals surface area contributed by atoms with Crippen molar-refractivity contribution in [1.82, 2.24) is 14.7 Å². The van der Waals surface area contributed by atoms with Crippen molar-refractivity contribution in [2.45, 2.75) is 32.9 Å².